The number of hydrogen-bond donors (Lipinski definition) is 2. The van der Waals surface area contributed by atoms with Crippen molar-refractivity contribution in [3.63, 3.8) is 0 Å². The van der Waals surface area contributed by atoms with Crippen LogP contribution in [0.15, 0.2) is 58.1 Å². The maximum absolute atomic E-state index is 12.1. The summed E-state index contributed by atoms with van der Waals surface area (Å²) in [7, 11) is 0. The maximum atomic E-state index is 12.1. The molecule has 2 N–H and O–H groups in total. The van der Waals surface area contributed by atoms with Gasteiger partial charge in [-0.05, 0) is 60.5 Å². The minimum atomic E-state index is -0.449. The number of ether oxygens (including phenoxy) is 1. The number of rotatable bonds is 14. The van der Waals surface area contributed by atoms with Crippen LogP contribution in [0, 0.1) is 0 Å². The fourth-order valence-corrected chi connectivity index (χ4v) is 3.37. The topological polar surface area (TPSA) is 96.9 Å². The molecular weight excluding hydrogens is 498 g/mol. The molecule has 34 heavy (non-hydrogen) atoms. The third-order valence-corrected chi connectivity index (χ3v) is 5.56. The molecule has 0 aliphatic heterocycles. The summed E-state index contributed by atoms with van der Waals surface area (Å²) in [6.45, 7) is 2.08. The second-order valence-electron chi connectivity index (χ2n) is 7.91. The van der Waals surface area contributed by atoms with Crippen molar-refractivity contribution in [2.24, 2.45) is 5.10 Å². The Morgan fingerprint density at radius 1 is 0.882 bits per heavy atom. The van der Waals surface area contributed by atoms with Crippen LogP contribution >= 0.6 is 15.9 Å². The van der Waals surface area contributed by atoms with Crippen LogP contribution in [0.3, 0.4) is 0 Å². The van der Waals surface area contributed by atoms with Gasteiger partial charge >= 0.3 is 5.97 Å². The molecule has 0 fully saturated rings. The van der Waals surface area contributed by atoms with Gasteiger partial charge in [0.1, 0.15) is 5.75 Å². The summed E-state index contributed by atoms with van der Waals surface area (Å²) in [6.07, 6.45) is 9.90. The molecule has 182 valence electrons. The van der Waals surface area contributed by atoms with Crippen LogP contribution in [0.5, 0.6) is 5.75 Å². The summed E-state index contributed by atoms with van der Waals surface area (Å²) in [5.74, 6) is -0.571. The predicted molar refractivity (Wildman–Crippen MR) is 137 cm³/mol. The molecule has 0 aliphatic carbocycles. The summed E-state index contributed by atoms with van der Waals surface area (Å²) in [6, 6.07) is 13.6. The van der Waals surface area contributed by atoms with Gasteiger partial charge in [-0.15, -0.1) is 0 Å². The molecule has 0 unspecified atom stereocenters. The number of carbonyl (C=O) groups is 3. The lowest BCUT2D eigenvalue weighted by Crippen LogP contribution is -2.34. The lowest BCUT2D eigenvalue weighted by Gasteiger charge is -2.05. The van der Waals surface area contributed by atoms with Crippen molar-refractivity contribution in [1.29, 1.82) is 0 Å². The molecule has 0 radical (unpaired) electrons. The monoisotopic (exact) mass is 529 g/mol. The van der Waals surface area contributed by atoms with Gasteiger partial charge in [-0.25, -0.2) is 10.2 Å². The number of benzene rings is 2. The van der Waals surface area contributed by atoms with E-state index in [1.807, 2.05) is 0 Å². The van der Waals surface area contributed by atoms with Gasteiger partial charge in [-0.2, -0.15) is 5.10 Å². The highest BCUT2D eigenvalue weighted by Gasteiger charge is 2.08. The zero-order chi connectivity index (χ0) is 24.6. The normalized spacial score (nSPS) is 10.8. The first-order valence-electron chi connectivity index (χ1n) is 11.6. The van der Waals surface area contributed by atoms with E-state index < -0.39 is 11.9 Å². The first-order valence-corrected chi connectivity index (χ1v) is 12.4. The van der Waals surface area contributed by atoms with Crippen molar-refractivity contribution in [3.05, 3.63) is 64.1 Å². The Hall–Kier alpha value is -3.00. The summed E-state index contributed by atoms with van der Waals surface area (Å²) in [4.78, 5) is 35.8. The van der Waals surface area contributed by atoms with E-state index in [0.29, 0.717) is 23.3 Å². The molecule has 2 aromatic rings. The molecule has 0 aliphatic rings. The van der Waals surface area contributed by atoms with E-state index in [2.05, 4.69) is 38.7 Å². The number of hydrogen-bond acceptors (Lipinski definition) is 5. The largest absolute Gasteiger partial charge is 0.423 e. The first-order chi connectivity index (χ1) is 16.5. The summed E-state index contributed by atoms with van der Waals surface area (Å²) >= 11 is 3.32. The van der Waals surface area contributed by atoms with Gasteiger partial charge in [0, 0.05) is 10.9 Å². The Labute approximate surface area is 209 Å². The SMILES string of the molecule is CCCCCCCCCC(=O)NCC(=O)N/N=C/c1ccc(OC(=O)c2ccc(Br)cc2)cc1. The van der Waals surface area contributed by atoms with Crippen molar-refractivity contribution in [3.8, 4) is 5.75 Å². The van der Waals surface area contributed by atoms with E-state index in [9.17, 15) is 14.4 Å². The smallest absolute Gasteiger partial charge is 0.343 e. The molecule has 0 aromatic heterocycles. The molecule has 2 rings (SSSR count). The number of amides is 2. The Kier molecular flexibility index (Phi) is 12.6. The van der Waals surface area contributed by atoms with Crippen LogP contribution in [-0.4, -0.2) is 30.5 Å². The molecule has 8 heteroatoms. The molecule has 0 atom stereocenters. The highest BCUT2D eigenvalue weighted by atomic mass is 79.9. The Morgan fingerprint density at radius 3 is 2.21 bits per heavy atom. The zero-order valence-electron chi connectivity index (χ0n) is 19.5. The van der Waals surface area contributed by atoms with E-state index in [1.54, 1.807) is 48.5 Å². The molecule has 0 saturated heterocycles. The van der Waals surface area contributed by atoms with Crippen LogP contribution in [0.2, 0.25) is 0 Å². The quantitative estimate of drug-likeness (QED) is 0.113. The molecule has 0 spiro atoms. The zero-order valence-corrected chi connectivity index (χ0v) is 21.1. The number of nitrogens with one attached hydrogen (secondary N) is 2. The molecular formula is C26H32BrN3O4. The van der Waals surface area contributed by atoms with Crippen molar-refractivity contribution in [2.75, 3.05) is 6.54 Å². The average molecular weight is 530 g/mol. The third-order valence-electron chi connectivity index (χ3n) is 5.03. The van der Waals surface area contributed by atoms with Crippen LogP contribution in [0.4, 0.5) is 0 Å². The highest BCUT2D eigenvalue weighted by Crippen LogP contribution is 2.15. The third kappa shape index (κ3) is 11.2. The summed E-state index contributed by atoms with van der Waals surface area (Å²) < 4.78 is 6.22. The van der Waals surface area contributed by atoms with Gasteiger partial charge in [0.15, 0.2) is 0 Å². The Morgan fingerprint density at radius 2 is 1.53 bits per heavy atom. The maximum Gasteiger partial charge on any atom is 0.343 e. The molecule has 7 nitrogen and oxygen atoms in total. The lowest BCUT2D eigenvalue weighted by atomic mass is 10.1. The number of unbranched alkanes of at least 4 members (excludes halogenated alkanes) is 6. The second-order valence-corrected chi connectivity index (χ2v) is 8.82. The average Bonchev–Trinajstić information content (AvgIpc) is 2.83. The molecule has 0 heterocycles. The van der Waals surface area contributed by atoms with Crippen LogP contribution in [0.1, 0.15) is 74.2 Å². The fraction of sp³-hybridized carbons (Fsp3) is 0.385. The van der Waals surface area contributed by atoms with E-state index in [-0.39, 0.29) is 12.5 Å². The number of halogens is 1. The Bertz CT molecular complexity index is 944. The van der Waals surface area contributed by atoms with E-state index >= 15 is 0 Å². The Balaban J connectivity index is 1.63. The molecule has 2 amide bonds. The molecule has 0 bridgehead atoms. The van der Waals surface area contributed by atoms with E-state index in [0.717, 1.165) is 23.7 Å². The standard InChI is InChI=1S/C26H32BrN3O4/c1-2-3-4-5-6-7-8-9-24(31)28-19-25(32)30-29-18-20-10-16-23(17-11-20)34-26(33)21-12-14-22(27)15-13-21/h10-18H,2-9,19H2,1H3,(H,28,31)(H,30,32)/b29-18+. The minimum Gasteiger partial charge on any atom is -0.423 e. The predicted octanol–water partition coefficient (Wildman–Crippen LogP) is 5.38. The first kappa shape index (κ1) is 27.2. The minimum absolute atomic E-state index is 0.113. The van der Waals surface area contributed by atoms with Crippen LogP contribution in [-0.2, 0) is 9.59 Å². The van der Waals surface area contributed by atoms with Gasteiger partial charge in [0.2, 0.25) is 5.91 Å². The van der Waals surface area contributed by atoms with E-state index in [1.165, 1.54) is 31.9 Å². The van der Waals surface area contributed by atoms with Gasteiger partial charge in [0.05, 0.1) is 18.3 Å². The van der Waals surface area contributed by atoms with Crippen molar-refractivity contribution in [2.45, 2.75) is 58.3 Å². The van der Waals surface area contributed by atoms with Gasteiger partial charge < -0.3 is 10.1 Å². The summed E-state index contributed by atoms with van der Waals surface area (Å²) in [5, 5.41) is 6.50. The second kappa shape index (κ2) is 15.8. The highest BCUT2D eigenvalue weighted by molar-refractivity contribution is 9.10. The van der Waals surface area contributed by atoms with Crippen molar-refractivity contribution in [1.82, 2.24) is 10.7 Å². The number of carbonyl (C=O) groups excluding carboxylic acids is 3. The van der Waals surface area contributed by atoms with Crippen molar-refractivity contribution < 1.29 is 19.1 Å². The molecule has 2 aromatic carbocycles. The van der Waals surface area contributed by atoms with Crippen LogP contribution in [0.25, 0.3) is 0 Å². The molecule has 0 saturated carbocycles. The van der Waals surface area contributed by atoms with Gasteiger partial charge in [0.25, 0.3) is 5.91 Å². The fourth-order valence-electron chi connectivity index (χ4n) is 3.10. The summed E-state index contributed by atoms with van der Waals surface area (Å²) in [5.41, 5.74) is 3.55. The number of esters is 1. The lowest BCUT2D eigenvalue weighted by molar-refractivity contribution is -0.126. The van der Waals surface area contributed by atoms with Gasteiger partial charge in [-0.1, -0.05) is 61.4 Å². The number of nitrogens with zero attached hydrogens (tertiary/aromatic N) is 1. The van der Waals surface area contributed by atoms with Gasteiger partial charge in [-0.3, -0.25) is 9.59 Å². The number of hydrazone groups is 1. The van der Waals surface area contributed by atoms with Crippen molar-refractivity contribution >= 4 is 39.9 Å². The van der Waals surface area contributed by atoms with Crippen LogP contribution < -0.4 is 15.5 Å². The van der Waals surface area contributed by atoms with E-state index in [4.69, 9.17) is 4.74 Å².